The molecule has 152 valence electrons. The van der Waals surface area contributed by atoms with Crippen molar-refractivity contribution in [3.05, 3.63) is 58.6 Å². The molecule has 29 heavy (non-hydrogen) atoms. The smallest absolute Gasteiger partial charge is 0.325 e. The van der Waals surface area contributed by atoms with Gasteiger partial charge in [0.25, 0.3) is 5.91 Å². The number of nitrogens with zero attached hydrogens (tertiary/aromatic N) is 1. The van der Waals surface area contributed by atoms with E-state index < -0.39 is 12.1 Å². The van der Waals surface area contributed by atoms with E-state index in [1.54, 1.807) is 43.5 Å². The predicted molar refractivity (Wildman–Crippen MR) is 110 cm³/mol. The third kappa shape index (κ3) is 5.06. The van der Waals surface area contributed by atoms with Gasteiger partial charge in [0.2, 0.25) is 5.91 Å². The summed E-state index contributed by atoms with van der Waals surface area (Å²) in [6.07, 6.45) is 0.313. The maximum Gasteiger partial charge on any atom is 0.325 e. The zero-order valence-electron chi connectivity index (χ0n) is 16.2. The normalized spacial score (nSPS) is 16.0. The van der Waals surface area contributed by atoms with Crippen molar-refractivity contribution in [2.24, 2.45) is 0 Å². The van der Waals surface area contributed by atoms with Gasteiger partial charge in [0.05, 0.1) is 13.7 Å². The number of halogens is 1. The van der Waals surface area contributed by atoms with Gasteiger partial charge in [-0.2, -0.15) is 0 Å². The van der Waals surface area contributed by atoms with E-state index in [0.29, 0.717) is 16.5 Å². The molecule has 1 aliphatic rings. The van der Waals surface area contributed by atoms with E-state index in [4.69, 9.17) is 16.3 Å². The lowest BCUT2D eigenvalue weighted by Crippen LogP contribution is -2.31. The molecular formula is C21H22ClN3O4. The van der Waals surface area contributed by atoms with E-state index >= 15 is 0 Å². The van der Waals surface area contributed by atoms with Crippen LogP contribution in [0, 0.1) is 6.92 Å². The summed E-state index contributed by atoms with van der Waals surface area (Å²) in [7, 11) is 1.57. The van der Waals surface area contributed by atoms with Gasteiger partial charge in [0.1, 0.15) is 11.8 Å². The van der Waals surface area contributed by atoms with Crippen molar-refractivity contribution >= 4 is 35.1 Å². The number of rotatable bonds is 7. The summed E-state index contributed by atoms with van der Waals surface area (Å²) < 4.78 is 5.10. The Balaban J connectivity index is 1.53. The maximum absolute atomic E-state index is 12.6. The van der Waals surface area contributed by atoms with Crippen LogP contribution in [0.1, 0.15) is 24.0 Å². The Morgan fingerprint density at radius 3 is 2.59 bits per heavy atom. The van der Waals surface area contributed by atoms with Crippen LogP contribution in [0.15, 0.2) is 42.5 Å². The number of benzene rings is 2. The molecule has 2 aromatic rings. The number of aryl methyl sites for hydroxylation is 1. The van der Waals surface area contributed by atoms with Crippen LogP contribution in [-0.2, 0) is 16.1 Å². The van der Waals surface area contributed by atoms with Crippen molar-refractivity contribution in [2.75, 3.05) is 12.4 Å². The van der Waals surface area contributed by atoms with Gasteiger partial charge in [0, 0.05) is 17.1 Å². The number of hydrogen-bond acceptors (Lipinski definition) is 4. The summed E-state index contributed by atoms with van der Waals surface area (Å²) in [6, 6.07) is 11.2. The topological polar surface area (TPSA) is 87.7 Å². The van der Waals surface area contributed by atoms with Crippen molar-refractivity contribution in [2.45, 2.75) is 32.4 Å². The number of anilines is 1. The van der Waals surface area contributed by atoms with Gasteiger partial charge >= 0.3 is 6.03 Å². The van der Waals surface area contributed by atoms with Gasteiger partial charge in [-0.05, 0) is 48.7 Å². The fraction of sp³-hybridized carbons (Fsp3) is 0.286. The van der Waals surface area contributed by atoms with Crippen molar-refractivity contribution < 1.29 is 19.1 Å². The number of carbonyl (C=O) groups is 3. The number of carbonyl (C=O) groups excluding carboxylic acids is 3. The number of nitrogens with one attached hydrogen (secondary N) is 2. The van der Waals surface area contributed by atoms with Gasteiger partial charge < -0.3 is 15.4 Å². The second kappa shape index (κ2) is 8.96. The second-order valence-electron chi connectivity index (χ2n) is 6.83. The van der Waals surface area contributed by atoms with Crippen LogP contribution < -0.4 is 15.4 Å². The lowest BCUT2D eigenvalue weighted by atomic mass is 10.1. The molecule has 1 saturated heterocycles. The van der Waals surface area contributed by atoms with Crippen LogP contribution in [-0.4, -0.2) is 35.9 Å². The largest absolute Gasteiger partial charge is 0.497 e. The molecule has 8 heteroatoms. The fourth-order valence-electron chi connectivity index (χ4n) is 3.01. The molecule has 0 radical (unpaired) electrons. The van der Waals surface area contributed by atoms with Crippen LogP contribution in [0.5, 0.6) is 5.75 Å². The zero-order valence-corrected chi connectivity index (χ0v) is 17.0. The molecule has 0 spiro atoms. The van der Waals surface area contributed by atoms with Gasteiger partial charge in [-0.3, -0.25) is 14.5 Å². The molecule has 2 N–H and O–H groups in total. The Morgan fingerprint density at radius 1 is 1.21 bits per heavy atom. The van der Waals surface area contributed by atoms with Crippen molar-refractivity contribution in [3.63, 3.8) is 0 Å². The summed E-state index contributed by atoms with van der Waals surface area (Å²) in [5, 5.41) is 5.96. The van der Waals surface area contributed by atoms with Gasteiger partial charge in [-0.15, -0.1) is 0 Å². The van der Waals surface area contributed by atoms with Crippen molar-refractivity contribution in [1.82, 2.24) is 10.2 Å². The molecule has 2 aromatic carbocycles. The number of hydrogen-bond donors (Lipinski definition) is 2. The van der Waals surface area contributed by atoms with E-state index in [0.717, 1.165) is 16.0 Å². The van der Waals surface area contributed by atoms with Crippen LogP contribution >= 0.6 is 11.6 Å². The van der Waals surface area contributed by atoms with E-state index in [9.17, 15) is 14.4 Å². The van der Waals surface area contributed by atoms with Crippen LogP contribution in [0.4, 0.5) is 10.5 Å². The first kappa shape index (κ1) is 20.7. The maximum atomic E-state index is 12.6. The summed E-state index contributed by atoms with van der Waals surface area (Å²) in [6.45, 7) is 2.04. The molecular weight excluding hydrogens is 394 g/mol. The first-order chi connectivity index (χ1) is 13.9. The van der Waals surface area contributed by atoms with Crippen LogP contribution in [0.3, 0.4) is 0 Å². The summed E-state index contributed by atoms with van der Waals surface area (Å²) in [5.41, 5.74) is 2.32. The molecule has 0 saturated carbocycles. The lowest BCUT2D eigenvalue weighted by molar-refractivity contribution is -0.128. The highest BCUT2D eigenvalue weighted by Gasteiger charge is 2.37. The molecule has 1 atom stereocenters. The van der Waals surface area contributed by atoms with Gasteiger partial charge in [0.15, 0.2) is 0 Å². The standard InChI is InChI=1S/C21H22ClN3O4/c1-13-3-6-15(11-17(13)22)23-19(26)10-9-18-20(27)25(21(28)24-18)12-14-4-7-16(29-2)8-5-14/h3-8,11,18H,9-10,12H2,1-2H3,(H,23,26)(H,24,28). The second-order valence-corrected chi connectivity index (χ2v) is 7.23. The third-order valence-corrected chi connectivity index (χ3v) is 5.13. The quantitative estimate of drug-likeness (QED) is 0.677. The minimum atomic E-state index is -0.715. The zero-order chi connectivity index (χ0) is 21.0. The molecule has 7 nitrogen and oxygen atoms in total. The monoisotopic (exact) mass is 415 g/mol. The molecule has 0 aliphatic carbocycles. The highest BCUT2D eigenvalue weighted by atomic mass is 35.5. The van der Waals surface area contributed by atoms with Crippen molar-refractivity contribution in [3.8, 4) is 5.75 Å². The van der Waals surface area contributed by atoms with Crippen LogP contribution in [0.25, 0.3) is 0 Å². The lowest BCUT2D eigenvalue weighted by Gasteiger charge is -2.13. The van der Waals surface area contributed by atoms with Gasteiger partial charge in [-0.25, -0.2) is 4.79 Å². The van der Waals surface area contributed by atoms with Crippen LogP contribution in [0.2, 0.25) is 5.02 Å². The molecule has 0 bridgehead atoms. The Bertz CT molecular complexity index is 930. The number of ether oxygens (including phenoxy) is 1. The highest BCUT2D eigenvalue weighted by molar-refractivity contribution is 6.31. The average Bonchev–Trinajstić information content (AvgIpc) is 2.97. The Morgan fingerprint density at radius 2 is 1.93 bits per heavy atom. The number of methoxy groups -OCH3 is 1. The molecule has 1 aliphatic heterocycles. The fourth-order valence-corrected chi connectivity index (χ4v) is 3.19. The minimum absolute atomic E-state index is 0.0958. The number of imide groups is 1. The Labute approximate surface area is 174 Å². The third-order valence-electron chi connectivity index (χ3n) is 4.72. The SMILES string of the molecule is COc1ccc(CN2C(=O)NC(CCC(=O)Nc3ccc(C)c(Cl)c3)C2=O)cc1. The Hall–Kier alpha value is -3.06. The van der Waals surface area contributed by atoms with Gasteiger partial charge in [-0.1, -0.05) is 29.8 Å². The number of amides is 4. The summed E-state index contributed by atoms with van der Waals surface area (Å²) in [4.78, 5) is 38.1. The van der Waals surface area contributed by atoms with E-state index in [2.05, 4.69) is 10.6 Å². The first-order valence-corrected chi connectivity index (χ1v) is 9.56. The predicted octanol–water partition coefficient (Wildman–Crippen LogP) is 3.50. The molecule has 3 rings (SSSR count). The van der Waals surface area contributed by atoms with E-state index in [1.165, 1.54) is 0 Å². The Kier molecular flexibility index (Phi) is 6.39. The van der Waals surface area contributed by atoms with Crippen molar-refractivity contribution in [1.29, 1.82) is 0 Å². The molecule has 4 amide bonds. The van der Waals surface area contributed by atoms with E-state index in [1.807, 2.05) is 13.0 Å². The molecule has 1 heterocycles. The number of urea groups is 1. The molecule has 1 fully saturated rings. The average molecular weight is 416 g/mol. The minimum Gasteiger partial charge on any atom is -0.497 e. The first-order valence-electron chi connectivity index (χ1n) is 9.18. The molecule has 1 unspecified atom stereocenters. The molecule has 0 aromatic heterocycles. The summed E-state index contributed by atoms with van der Waals surface area (Å²) in [5.74, 6) is 0.113. The highest BCUT2D eigenvalue weighted by Crippen LogP contribution is 2.21. The summed E-state index contributed by atoms with van der Waals surface area (Å²) >= 11 is 6.06. The van der Waals surface area contributed by atoms with E-state index in [-0.39, 0.29) is 31.2 Å².